The monoisotopic (exact) mass is 414 g/mol. The summed E-state index contributed by atoms with van der Waals surface area (Å²) in [5.41, 5.74) is 2.38. The van der Waals surface area contributed by atoms with E-state index in [1.54, 1.807) is 4.90 Å². The number of hydrogen-bond donors (Lipinski definition) is 1. The number of likely N-dealkylation sites (tertiary alicyclic amines) is 1. The fourth-order valence-electron chi connectivity index (χ4n) is 4.12. The molecule has 3 rings (SSSR count). The Balaban J connectivity index is 1.93. The summed E-state index contributed by atoms with van der Waals surface area (Å²) in [6.45, 7) is 7.88. The predicted molar refractivity (Wildman–Crippen MR) is 101 cm³/mol. The average molecular weight is 416 g/mol. The van der Waals surface area contributed by atoms with Gasteiger partial charge in [0, 0.05) is 34.7 Å². The van der Waals surface area contributed by atoms with E-state index in [0.717, 1.165) is 35.3 Å². The van der Waals surface area contributed by atoms with Crippen molar-refractivity contribution in [1.82, 2.24) is 4.90 Å². The van der Waals surface area contributed by atoms with E-state index in [1.807, 2.05) is 12.1 Å². The van der Waals surface area contributed by atoms with Crippen LogP contribution < -0.4 is 4.90 Å². The van der Waals surface area contributed by atoms with Gasteiger partial charge < -0.3 is 14.9 Å². The third kappa shape index (κ3) is 3.25. The van der Waals surface area contributed by atoms with Gasteiger partial charge in [-0.2, -0.15) is 0 Å². The number of benzene rings is 1. The van der Waals surface area contributed by atoms with Gasteiger partial charge in [-0.05, 0) is 58.3 Å². The van der Waals surface area contributed by atoms with Gasteiger partial charge in [-0.25, -0.2) is 4.79 Å². The number of anilines is 1. The molecule has 1 saturated heterocycles. The molecule has 2 heterocycles. The number of rotatable bonds is 1. The molecule has 0 saturated carbocycles. The van der Waals surface area contributed by atoms with Crippen molar-refractivity contribution in [3.63, 3.8) is 0 Å². The van der Waals surface area contributed by atoms with Crippen LogP contribution in [-0.2, 0) is 6.42 Å². The largest absolute Gasteiger partial charge is 0.465 e. The molecule has 1 aromatic carbocycles. The Morgan fingerprint density at radius 2 is 2.08 bits per heavy atom. The standard InChI is InChI=1S/C18H24BrClN2O2/c1-18(2,3)15-9-13(10-22(15)17(23)24)21-6-4-5-11-7-12(20)8-14(19)16(11)21/h7-8,13,15H,4-6,9-10H2,1-3H3,(H,23,24). The summed E-state index contributed by atoms with van der Waals surface area (Å²) in [5.74, 6) is 0. The van der Waals surface area contributed by atoms with Crippen molar-refractivity contribution in [3.05, 3.63) is 27.2 Å². The van der Waals surface area contributed by atoms with Gasteiger partial charge in [0.15, 0.2) is 0 Å². The number of carboxylic acid groups (broad SMARTS) is 1. The van der Waals surface area contributed by atoms with Gasteiger partial charge in [0.05, 0.1) is 5.69 Å². The van der Waals surface area contributed by atoms with Crippen LogP contribution in [0.5, 0.6) is 0 Å². The van der Waals surface area contributed by atoms with E-state index in [9.17, 15) is 9.90 Å². The zero-order valence-electron chi connectivity index (χ0n) is 14.4. The molecule has 24 heavy (non-hydrogen) atoms. The van der Waals surface area contributed by atoms with E-state index in [2.05, 4.69) is 41.6 Å². The molecule has 2 unspecified atom stereocenters. The van der Waals surface area contributed by atoms with Crippen LogP contribution in [-0.4, -0.2) is 41.3 Å². The number of carbonyl (C=O) groups is 1. The average Bonchev–Trinajstić information content (AvgIpc) is 2.91. The van der Waals surface area contributed by atoms with Crippen LogP contribution in [0.1, 0.15) is 39.2 Å². The van der Waals surface area contributed by atoms with Crippen LogP contribution in [0.25, 0.3) is 0 Å². The van der Waals surface area contributed by atoms with Crippen molar-refractivity contribution in [1.29, 1.82) is 0 Å². The maximum Gasteiger partial charge on any atom is 0.407 e. The molecule has 1 aromatic rings. The molecule has 1 fully saturated rings. The van der Waals surface area contributed by atoms with Crippen molar-refractivity contribution in [3.8, 4) is 0 Å². The summed E-state index contributed by atoms with van der Waals surface area (Å²) in [7, 11) is 0. The molecule has 0 aromatic heterocycles. The summed E-state index contributed by atoms with van der Waals surface area (Å²) in [6.07, 6.45) is 2.14. The molecule has 0 spiro atoms. The van der Waals surface area contributed by atoms with Gasteiger partial charge in [0.1, 0.15) is 0 Å². The highest BCUT2D eigenvalue weighted by Gasteiger charge is 2.44. The first-order chi connectivity index (χ1) is 11.2. The Labute approximate surface area is 156 Å². The molecule has 4 nitrogen and oxygen atoms in total. The molecule has 1 N–H and O–H groups in total. The van der Waals surface area contributed by atoms with Crippen molar-refractivity contribution >= 4 is 39.3 Å². The first-order valence-corrected chi connectivity index (χ1v) is 9.59. The molecule has 0 aliphatic carbocycles. The van der Waals surface area contributed by atoms with Gasteiger partial charge >= 0.3 is 6.09 Å². The summed E-state index contributed by atoms with van der Waals surface area (Å²) >= 11 is 9.87. The van der Waals surface area contributed by atoms with E-state index in [0.29, 0.717) is 6.54 Å². The lowest BCUT2D eigenvalue weighted by molar-refractivity contribution is 0.106. The summed E-state index contributed by atoms with van der Waals surface area (Å²) in [4.78, 5) is 15.7. The minimum Gasteiger partial charge on any atom is -0.465 e. The van der Waals surface area contributed by atoms with Gasteiger partial charge in [-0.1, -0.05) is 32.4 Å². The minimum absolute atomic E-state index is 0.0384. The summed E-state index contributed by atoms with van der Waals surface area (Å²) < 4.78 is 1.01. The fourth-order valence-corrected chi connectivity index (χ4v) is 5.22. The molecule has 1 amide bonds. The lowest BCUT2D eigenvalue weighted by Gasteiger charge is -2.37. The first kappa shape index (κ1) is 17.9. The number of nitrogens with zero attached hydrogens (tertiary/aromatic N) is 2. The topological polar surface area (TPSA) is 43.8 Å². The first-order valence-electron chi connectivity index (χ1n) is 8.42. The molecule has 2 aliphatic heterocycles. The second-order valence-corrected chi connectivity index (χ2v) is 9.19. The molecule has 132 valence electrons. The van der Waals surface area contributed by atoms with E-state index in [1.165, 1.54) is 11.3 Å². The molecule has 2 aliphatic rings. The number of halogens is 2. The van der Waals surface area contributed by atoms with Gasteiger partial charge in [-0.15, -0.1) is 0 Å². The Hall–Kier alpha value is -0.940. The molecule has 0 radical (unpaired) electrons. The lowest BCUT2D eigenvalue weighted by Crippen LogP contribution is -2.43. The zero-order valence-corrected chi connectivity index (χ0v) is 16.7. The van der Waals surface area contributed by atoms with E-state index >= 15 is 0 Å². The maximum atomic E-state index is 11.7. The van der Waals surface area contributed by atoms with Crippen LogP contribution in [0, 0.1) is 5.41 Å². The highest BCUT2D eigenvalue weighted by atomic mass is 79.9. The van der Waals surface area contributed by atoms with Crippen molar-refractivity contribution in [2.24, 2.45) is 5.41 Å². The van der Waals surface area contributed by atoms with E-state index in [4.69, 9.17) is 11.6 Å². The predicted octanol–water partition coefficient (Wildman–Crippen LogP) is 5.02. The fraction of sp³-hybridized carbons (Fsp3) is 0.611. The quantitative estimate of drug-likeness (QED) is 0.700. The molecular formula is C18H24BrClN2O2. The van der Waals surface area contributed by atoms with Crippen LogP contribution in [0.4, 0.5) is 10.5 Å². The smallest absolute Gasteiger partial charge is 0.407 e. The third-order valence-corrected chi connectivity index (χ3v) is 6.03. The molecule has 6 heteroatoms. The van der Waals surface area contributed by atoms with Crippen LogP contribution >= 0.6 is 27.5 Å². The number of amides is 1. The summed E-state index contributed by atoms with van der Waals surface area (Å²) in [6, 6.07) is 4.22. The van der Waals surface area contributed by atoms with Crippen LogP contribution in [0.15, 0.2) is 16.6 Å². The van der Waals surface area contributed by atoms with Crippen LogP contribution in [0.3, 0.4) is 0 Å². The normalized spacial score (nSPS) is 24.2. The van der Waals surface area contributed by atoms with Crippen molar-refractivity contribution in [2.45, 2.75) is 52.1 Å². The number of hydrogen-bond acceptors (Lipinski definition) is 2. The zero-order chi connectivity index (χ0) is 17.6. The van der Waals surface area contributed by atoms with E-state index < -0.39 is 6.09 Å². The van der Waals surface area contributed by atoms with Gasteiger partial charge in [0.2, 0.25) is 0 Å². The highest BCUT2D eigenvalue weighted by Crippen LogP contribution is 2.42. The number of aryl methyl sites for hydroxylation is 1. The number of fused-ring (bicyclic) bond motifs is 1. The van der Waals surface area contributed by atoms with Gasteiger partial charge in [0.25, 0.3) is 0 Å². The lowest BCUT2D eigenvalue weighted by atomic mass is 9.84. The molecule has 0 bridgehead atoms. The Kier molecular flexibility index (Phi) is 4.77. The van der Waals surface area contributed by atoms with E-state index in [-0.39, 0.29) is 17.5 Å². The van der Waals surface area contributed by atoms with Crippen molar-refractivity contribution in [2.75, 3.05) is 18.0 Å². The Morgan fingerprint density at radius 1 is 1.38 bits per heavy atom. The third-order valence-electron chi connectivity index (χ3n) is 5.20. The van der Waals surface area contributed by atoms with Crippen molar-refractivity contribution < 1.29 is 9.90 Å². The second-order valence-electron chi connectivity index (χ2n) is 7.90. The SMILES string of the molecule is CC(C)(C)C1CC(N2CCCc3cc(Cl)cc(Br)c32)CN1C(=O)O. The minimum atomic E-state index is -0.815. The second kappa shape index (κ2) is 6.41. The van der Waals surface area contributed by atoms with Crippen LogP contribution in [0.2, 0.25) is 5.02 Å². The Bertz CT molecular complexity index is 659. The molecular weight excluding hydrogens is 392 g/mol. The molecule has 2 atom stereocenters. The Morgan fingerprint density at radius 3 is 2.67 bits per heavy atom. The summed E-state index contributed by atoms with van der Waals surface area (Å²) in [5, 5.41) is 10.4. The highest BCUT2D eigenvalue weighted by molar-refractivity contribution is 9.10. The maximum absolute atomic E-state index is 11.7. The van der Waals surface area contributed by atoms with Gasteiger partial charge in [-0.3, -0.25) is 0 Å².